The fraction of sp³-hybridized carbons (Fsp3) is 0.765. The summed E-state index contributed by atoms with van der Waals surface area (Å²) in [4.78, 5) is 23.4. The predicted molar refractivity (Wildman–Crippen MR) is 80.4 cm³/mol. The van der Waals surface area contributed by atoms with Gasteiger partial charge in [0.2, 0.25) is 0 Å². The molecular formula is C17H28O3. The summed E-state index contributed by atoms with van der Waals surface area (Å²) in [6, 6.07) is 0. The maximum absolute atomic E-state index is 11.8. The van der Waals surface area contributed by atoms with Crippen LogP contribution in [0.1, 0.15) is 65.2 Å². The van der Waals surface area contributed by atoms with Gasteiger partial charge in [-0.3, -0.25) is 9.59 Å². The molecule has 1 aliphatic carbocycles. The van der Waals surface area contributed by atoms with E-state index in [4.69, 9.17) is 4.74 Å². The van der Waals surface area contributed by atoms with Crippen LogP contribution in [-0.4, -0.2) is 18.4 Å². The minimum Gasteiger partial charge on any atom is -0.465 e. The highest BCUT2D eigenvalue weighted by atomic mass is 16.5. The van der Waals surface area contributed by atoms with Crippen LogP contribution < -0.4 is 0 Å². The second-order valence-electron chi connectivity index (χ2n) is 5.70. The largest absolute Gasteiger partial charge is 0.465 e. The highest BCUT2D eigenvalue weighted by molar-refractivity contribution is 5.82. The van der Waals surface area contributed by atoms with Crippen LogP contribution in [0, 0.1) is 11.8 Å². The van der Waals surface area contributed by atoms with Crippen LogP contribution >= 0.6 is 0 Å². The normalized spacial score (nSPS) is 22.6. The molecule has 0 aromatic heterocycles. The van der Waals surface area contributed by atoms with Crippen LogP contribution in [0.2, 0.25) is 0 Å². The zero-order chi connectivity index (χ0) is 14.8. The molecule has 0 heterocycles. The molecule has 2 atom stereocenters. The van der Waals surface area contributed by atoms with Gasteiger partial charge >= 0.3 is 5.97 Å². The van der Waals surface area contributed by atoms with Gasteiger partial charge in [0, 0.05) is 19.3 Å². The van der Waals surface area contributed by atoms with Crippen LogP contribution in [0.25, 0.3) is 0 Å². The van der Waals surface area contributed by atoms with Crippen molar-refractivity contribution in [1.82, 2.24) is 0 Å². The molecule has 0 aliphatic heterocycles. The summed E-state index contributed by atoms with van der Waals surface area (Å²) in [5.74, 6) is 0.786. The van der Waals surface area contributed by atoms with E-state index in [1.165, 1.54) is 0 Å². The number of carbonyl (C=O) groups is 2. The van der Waals surface area contributed by atoms with Gasteiger partial charge in [-0.05, 0) is 31.1 Å². The predicted octanol–water partition coefficient (Wildman–Crippen LogP) is 4.06. The lowest BCUT2D eigenvalue weighted by Gasteiger charge is -2.17. The van der Waals surface area contributed by atoms with Gasteiger partial charge in [0.15, 0.2) is 0 Å². The SMILES string of the molecule is CC/C=C\CCOC(=O)CC1CC(=O)CC1CCCC. The molecule has 3 nitrogen and oxygen atoms in total. The molecule has 0 radical (unpaired) electrons. The molecule has 0 aromatic rings. The first-order valence-corrected chi connectivity index (χ1v) is 7.99. The molecule has 1 fully saturated rings. The number of hydrogen-bond acceptors (Lipinski definition) is 3. The number of rotatable bonds is 9. The van der Waals surface area contributed by atoms with Gasteiger partial charge in [-0.15, -0.1) is 0 Å². The van der Waals surface area contributed by atoms with Crippen LogP contribution in [0.5, 0.6) is 0 Å². The van der Waals surface area contributed by atoms with E-state index in [2.05, 4.69) is 19.9 Å². The number of carbonyl (C=O) groups excluding carboxylic acids is 2. The highest BCUT2D eigenvalue weighted by Gasteiger charge is 2.33. The third-order valence-corrected chi connectivity index (χ3v) is 3.95. The van der Waals surface area contributed by atoms with Crippen LogP contribution in [0.3, 0.4) is 0 Å². The molecule has 0 saturated heterocycles. The van der Waals surface area contributed by atoms with E-state index in [0.29, 0.717) is 37.6 Å². The van der Waals surface area contributed by atoms with Crippen molar-refractivity contribution < 1.29 is 14.3 Å². The minimum atomic E-state index is -0.143. The van der Waals surface area contributed by atoms with Gasteiger partial charge in [-0.1, -0.05) is 38.8 Å². The second-order valence-corrected chi connectivity index (χ2v) is 5.70. The molecule has 0 aromatic carbocycles. The zero-order valence-electron chi connectivity index (χ0n) is 12.9. The Morgan fingerprint density at radius 3 is 2.70 bits per heavy atom. The van der Waals surface area contributed by atoms with Gasteiger partial charge in [0.25, 0.3) is 0 Å². The van der Waals surface area contributed by atoms with Crippen LogP contribution in [-0.2, 0) is 14.3 Å². The fourth-order valence-corrected chi connectivity index (χ4v) is 2.84. The quantitative estimate of drug-likeness (QED) is 0.363. The molecule has 0 bridgehead atoms. The maximum Gasteiger partial charge on any atom is 0.306 e. The Labute approximate surface area is 122 Å². The lowest BCUT2D eigenvalue weighted by Crippen LogP contribution is -2.15. The second kappa shape index (κ2) is 9.73. The lowest BCUT2D eigenvalue weighted by atomic mass is 9.89. The zero-order valence-corrected chi connectivity index (χ0v) is 12.9. The topological polar surface area (TPSA) is 43.4 Å². The summed E-state index contributed by atoms with van der Waals surface area (Å²) < 4.78 is 5.24. The molecule has 1 rings (SSSR count). The number of hydrogen-bond donors (Lipinski definition) is 0. The maximum atomic E-state index is 11.8. The summed E-state index contributed by atoms with van der Waals surface area (Å²) in [7, 11) is 0. The number of unbranched alkanes of at least 4 members (excludes halogenated alkanes) is 1. The summed E-state index contributed by atoms with van der Waals surface area (Å²) >= 11 is 0. The van der Waals surface area contributed by atoms with Gasteiger partial charge < -0.3 is 4.74 Å². The number of allylic oxidation sites excluding steroid dienone is 1. The van der Waals surface area contributed by atoms with E-state index in [-0.39, 0.29) is 11.9 Å². The average molecular weight is 280 g/mol. The molecule has 1 saturated carbocycles. The molecule has 2 unspecified atom stereocenters. The van der Waals surface area contributed by atoms with Crippen molar-refractivity contribution in [3.63, 3.8) is 0 Å². The van der Waals surface area contributed by atoms with E-state index in [0.717, 1.165) is 32.1 Å². The Morgan fingerprint density at radius 2 is 2.00 bits per heavy atom. The van der Waals surface area contributed by atoms with Gasteiger partial charge in [-0.2, -0.15) is 0 Å². The van der Waals surface area contributed by atoms with Crippen molar-refractivity contribution in [2.45, 2.75) is 65.2 Å². The Hall–Kier alpha value is -1.12. The van der Waals surface area contributed by atoms with E-state index >= 15 is 0 Å². The molecule has 114 valence electrons. The number of ether oxygens (including phenoxy) is 1. The van der Waals surface area contributed by atoms with E-state index in [1.54, 1.807) is 0 Å². The smallest absolute Gasteiger partial charge is 0.306 e. The van der Waals surface area contributed by atoms with E-state index < -0.39 is 0 Å². The third-order valence-electron chi connectivity index (χ3n) is 3.95. The van der Waals surface area contributed by atoms with Gasteiger partial charge in [0.1, 0.15) is 5.78 Å². The van der Waals surface area contributed by atoms with Crippen molar-refractivity contribution in [2.75, 3.05) is 6.61 Å². The molecule has 20 heavy (non-hydrogen) atoms. The Morgan fingerprint density at radius 1 is 1.25 bits per heavy atom. The summed E-state index contributed by atoms with van der Waals surface area (Å²) in [6.45, 7) is 4.69. The monoisotopic (exact) mass is 280 g/mol. The lowest BCUT2D eigenvalue weighted by molar-refractivity contribution is -0.144. The van der Waals surface area contributed by atoms with Gasteiger partial charge in [0.05, 0.1) is 6.61 Å². The Balaban J connectivity index is 2.28. The molecule has 0 N–H and O–H groups in total. The fourth-order valence-electron chi connectivity index (χ4n) is 2.84. The van der Waals surface area contributed by atoms with Crippen molar-refractivity contribution in [3.8, 4) is 0 Å². The average Bonchev–Trinajstić information content (AvgIpc) is 2.76. The first-order chi connectivity index (χ1) is 9.67. The third kappa shape index (κ3) is 6.36. The molecule has 3 heteroatoms. The Bertz CT molecular complexity index is 333. The molecule has 1 aliphatic rings. The number of ketones is 1. The first kappa shape index (κ1) is 16.9. The Kier molecular flexibility index (Phi) is 8.24. The standard InChI is InChI=1S/C17H28O3/c1-3-5-7-8-10-20-17(19)13-15-12-16(18)11-14(15)9-6-4-2/h5,7,14-15H,3-4,6,8-13H2,1-2H3/b7-5-. The van der Waals surface area contributed by atoms with E-state index in [1.807, 2.05) is 6.08 Å². The number of Topliss-reactive ketones (excluding diaryl/α,β-unsaturated/α-hetero) is 1. The van der Waals surface area contributed by atoms with Crippen LogP contribution in [0.15, 0.2) is 12.2 Å². The summed E-state index contributed by atoms with van der Waals surface area (Å²) in [5.41, 5.74) is 0. The molecular weight excluding hydrogens is 252 g/mol. The van der Waals surface area contributed by atoms with Crippen molar-refractivity contribution in [3.05, 3.63) is 12.2 Å². The first-order valence-electron chi connectivity index (χ1n) is 7.99. The number of esters is 1. The molecule has 0 amide bonds. The van der Waals surface area contributed by atoms with Crippen molar-refractivity contribution in [2.24, 2.45) is 11.8 Å². The minimum absolute atomic E-state index is 0.143. The highest BCUT2D eigenvalue weighted by Crippen LogP contribution is 2.35. The van der Waals surface area contributed by atoms with Crippen molar-refractivity contribution >= 4 is 11.8 Å². The van der Waals surface area contributed by atoms with Crippen LogP contribution in [0.4, 0.5) is 0 Å². The summed E-state index contributed by atoms with van der Waals surface area (Å²) in [5, 5.41) is 0. The molecule has 0 spiro atoms. The van der Waals surface area contributed by atoms with Gasteiger partial charge in [-0.25, -0.2) is 0 Å². The van der Waals surface area contributed by atoms with Crippen molar-refractivity contribution in [1.29, 1.82) is 0 Å². The summed E-state index contributed by atoms with van der Waals surface area (Å²) in [6.07, 6.45) is 10.9. The van der Waals surface area contributed by atoms with E-state index in [9.17, 15) is 9.59 Å².